The summed E-state index contributed by atoms with van der Waals surface area (Å²) in [7, 11) is 0. The molecule has 24 heavy (non-hydrogen) atoms. The molecule has 0 bridgehead atoms. The van der Waals surface area contributed by atoms with E-state index in [-0.39, 0.29) is 11.7 Å². The fourth-order valence-corrected chi connectivity index (χ4v) is 2.75. The van der Waals surface area contributed by atoms with Crippen LogP contribution in [0.5, 0.6) is 5.75 Å². The fraction of sp³-hybridized carbons (Fsp3) is 0.167. The maximum Gasteiger partial charge on any atom is 0.277 e. The normalized spacial score (nSPS) is 16.1. The van der Waals surface area contributed by atoms with Crippen molar-refractivity contribution < 1.29 is 14.6 Å². The Morgan fingerprint density at radius 1 is 1.25 bits per heavy atom. The van der Waals surface area contributed by atoms with E-state index >= 15 is 0 Å². The molecule has 0 saturated carbocycles. The van der Waals surface area contributed by atoms with Crippen molar-refractivity contribution in [2.45, 2.75) is 6.42 Å². The number of nitrogens with zero attached hydrogens (tertiary/aromatic N) is 3. The number of carbonyl (C=O) groups is 1. The second-order valence-corrected chi connectivity index (χ2v) is 5.64. The largest absolute Gasteiger partial charge is 0.508 e. The first-order valence-electron chi connectivity index (χ1n) is 7.66. The Balaban J connectivity index is 1.71. The lowest BCUT2D eigenvalue weighted by atomic mass is 10.2. The van der Waals surface area contributed by atoms with Crippen LogP contribution in [0.4, 0.5) is 0 Å². The lowest BCUT2D eigenvalue weighted by Gasteiger charge is -2.05. The van der Waals surface area contributed by atoms with Crippen LogP contribution in [0, 0.1) is 0 Å². The molecule has 3 aromatic rings. The van der Waals surface area contributed by atoms with Gasteiger partial charge in [0.25, 0.3) is 5.91 Å². The summed E-state index contributed by atoms with van der Waals surface area (Å²) in [5.74, 6) is -0.0768. The number of hydrogen-bond donors (Lipinski definition) is 1. The highest BCUT2D eigenvalue weighted by molar-refractivity contribution is 6.05. The molecule has 0 radical (unpaired) electrons. The molecular formula is C18H15N3O3. The minimum atomic E-state index is -0.272. The Bertz CT molecular complexity index is 951. The van der Waals surface area contributed by atoms with Crippen molar-refractivity contribution in [3.05, 3.63) is 54.2 Å². The van der Waals surface area contributed by atoms with Gasteiger partial charge >= 0.3 is 0 Å². The predicted octanol–water partition coefficient (Wildman–Crippen LogP) is 2.73. The van der Waals surface area contributed by atoms with Gasteiger partial charge in [-0.1, -0.05) is 6.07 Å². The number of benzene rings is 2. The fourth-order valence-electron chi connectivity index (χ4n) is 2.75. The number of phenolic OH excluding ortho intramolecular Hbond substituents is 1. The van der Waals surface area contributed by atoms with Gasteiger partial charge in [-0.25, -0.2) is 9.67 Å². The first-order chi connectivity index (χ1) is 11.7. The van der Waals surface area contributed by atoms with Crippen LogP contribution in [-0.4, -0.2) is 39.7 Å². The summed E-state index contributed by atoms with van der Waals surface area (Å²) in [6.07, 6.45) is 2.39. The number of ether oxygens (including phenoxy) is 1. The zero-order chi connectivity index (χ0) is 16.5. The number of rotatable bonds is 2. The van der Waals surface area contributed by atoms with E-state index in [1.165, 1.54) is 0 Å². The summed E-state index contributed by atoms with van der Waals surface area (Å²) in [5.41, 5.74) is 2.91. The van der Waals surface area contributed by atoms with E-state index in [0.717, 1.165) is 22.3 Å². The highest BCUT2D eigenvalue weighted by Gasteiger charge is 2.13. The number of amides is 1. The number of aromatic hydroxyl groups is 1. The number of phenols is 1. The van der Waals surface area contributed by atoms with Crippen LogP contribution in [0.15, 0.2) is 53.7 Å². The number of aromatic nitrogens is 2. The Morgan fingerprint density at radius 2 is 2.17 bits per heavy atom. The van der Waals surface area contributed by atoms with Crippen molar-refractivity contribution in [1.29, 1.82) is 0 Å². The van der Waals surface area contributed by atoms with Crippen LogP contribution in [0.1, 0.15) is 16.8 Å². The van der Waals surface area contributed by atoms with Crippen LogP contribution in [0.3, 0.4) is 0 Å². The first kappa shape index (κ1) is 14.6. The molecule has 1 aromatic heterocycles. The van der Waals surface area contributed by atoms with Crippen LogP contribution in [0.2, 0.25) is 0 Å². The molecule has 0 spiro atoms. The molecule has 0 aliphatic carbocycles. The van der Waals surface area contributed by atoms with E-state index in [2.05, 4.69) is 10.1 Å². The van der Waals surface area contributed by atoms with Gasteiger partial charge in [0.1, 0.15) is 5.75 Å². The molecule has 1 fully saturated rings. The molecule has 1 aliphatic rings. The first-order valence-corrected chi connectivity index (χ1v) is 7.66. The molecule has 120 valence electrons. The van der Waals surface area contributed by atoms with Crippen molar-refractivity contribution >= 4 is 22.5 Å². The Morgan fingerprint density at radius 3 is 3.00 bits per heavy atom. The van der Waals surface area contributed by atoms with Gasteiger partial charge in [0.2, 0.25) is 0 Å². The van der Waals surface area contributed by atoms with E-state index in [9.17, 15) is 9.90 Å². The average Bonchev–Trinajstić information content (AvgIpc) is 3.24. The molecule has 2 heterocycles. The third-order valence-corrected chi connectivity index (χ3v) is 3.95. The second-order valence-electron chi connectivity index (χ2n) is 5.64. The Labute approximate surface area is 138 Å². The summed E-state index contributed by atoms with van der Waals surface area (Å²) in [5, 5.41) is 14.7. The van der Waals surface area contributed by atoms with Gasteiger partial charge < -0.3 is 9.84 Å². The molecule has 1 N–H and O–H groups in total. The molecule has 6 heteroatoms. The zero-order valence-electron chi connectivity index (χ0n) is 12.8. The van der Waals surface area contributed by atoms with Gasteiger partial charge in [-0.3, -0.25) is 4.79 Å². The molecule has 1 saturated heterocycles. The second kappa shape index (κ2) is 5.90. The topological polar surface area (TPSA) is 76.7 Å². The summed E-state index contributed by atoms with van der Waals surface area (Å²) in [6, 6.07) is 12.2. The van der Waals surface area contributed by atoms with E-state index in [1.807, 2.05) is 12.1 Å². The van der Waals surface area contributed by atoms with Gasteiger partial charge in [0.15, 0.2) is 0 Å². The van der Waals surface area contributed by atoms with Crippen molar-refractivity contribution in [3.8, 4) is 11.4 Å². The van der Waals surface area contributed by atoms with Gasteiger partial charge in [-0.05, 0) is 36.4 Å². The molecule has 1 aliphatic heterocycles. The van der Waals surface area contributed by atoms with Crippen LogP contribution >= 0.6 is 0 Å². The average molecular weight is 321 g/mol. The quantitative estimate of drug-likeness (QED) is 0.787. The van der Waals surface area contributed by atoms with E-state index in [4.69, 9.17) is 4.74 Å². The smallest absolute Gasteiger partial charge is 0.277 e. The third-order valence-electron chi connectivity index (χ3n) is 3.95. The van der Waals surface area contributed by atoms with Crippen molar-refractivity contribution in [2.24, 2.45) is 4.99 Å². The minimum absolute atomic E-state index is 0.195. The molecule has 6 nitrogen and oxygen atoms in total. The number of carbonyl (C=O) groups excluding carboxylic acids is 1. The molecule has 0 unspecified atom stereocenters. The highest BCUT2D eigenvalue weighted by atomic mass is 16.5. The predicted molar refractivity (Wildman–Crippen MR) is 89.9 cm³/mol. The van der Waals surface area contributed by atoms with Crippen LogP contribution in [-0.2, 0) is 4.74 Å². The standard InChI is InChI=1S/C18H15N3O3/c22-16-4-5-17-13(9-16)10-19-21(17)15-3-1-2-12(8-15)18(23)20-14-6-7-24-11-14/h1-5,8-10,22H,6-7,11H2. The molecular weight excluding hydrogens is 306 g/mol. The van der Waals surface area contributed by atoms with Crippen LogP contribution in [0.25, 0.3) is 16.6 Å². The lowest BCUT2D eigenvalue weighted by Crippen LogP contribution is -2.04. The maximum absolute atomic E-state index is 12.3. The maximum atomic E-state index is 12.3. The van der Waals surface area contributed by atoms with Gasteiger partial charge in [0, 0.05) is 17.4 Å². The molecule has 0 atom stereocenters. The van der Waals surface area contributed by atoms with E-state index in [0.29, 0.717) is 25.2 Å². The van der Waals surface area contributed by atoms with Gasteiger partial charge in [-0.15, -0.1) is 0 Å². The minimum Gasteiger partial charge on any atom is -0.508 e. The van der Waals surface area contributed by atoms with Gasteiger partial charge in [-0.2, -0.15) is 5.10 Å². The van der Waals surface area contributed by atoms with E-state index in [1.54, 1.807) is 41.2 Å². The van der Waals surface area contributed by atoms with Crippen molar-refractivity contribution in [1.82, 2.24) is 9.78 Å². The lowest BCUT2D eigenvalue weighted by molar-refractivity contribution is 0.100. The SMILES string of the molecule is O=C(N=C1CCOC1)c1cccc(-n2ncc3cc(O)ccc32)c1. The van der Waals surface area contributed by atoms with Crippen molar-refractivity contribution in [2.75, 3.05) is 13.2 Å². The number of hydrogen-bond acceptors (Lipinski definition) is 4. The van der Waals surface area contributed by atoms with Crippen LogP contribution < -0.4 is 0 Å². The summed E-state index contributed by atoms with van der Waals surface area (Å²) >= 11 is 0. The van der Waals surface area contributed by atoms with Gasteiger partial charge in [0.05, 0.1) is 36.3 Å². The number of aliphatic imine (C=N–C) groups is 1. The monoisotopic (exact) mass is 321 g/mol. The molecule has 1 amide bonds. The summed E-state index contributed by atoms with van der Waals surface area (Å²) < 4.78 is 6.95. The molecule has 2 aromatic carbocycles. The summed E-state index contributed by atoms with van der Waals surface area (Å²) in [4.78, 5) is 16.5. The number of fused-ring (bicyclic) bond motifs is 1. The Hall–Kier alpha value is -2.99. The van der Waals surface area contributed by atoms with Crippen molar-refractivity contribution in [3.63, 3.8) is 0 Å². The third kappa shape index (κ3) is 2.68. The summed E-state index contributed by atoms with van der Waals surface area (Å²) in [6.45, 7) is 1.05. The van der Waals surface area contributed by atoms with E-state index < -0.39 is 0 Å². The Kier molecular flexibility index (Phi) is 3.59. The highest BCUT2D eigenvalue weighted by Crippen LogP contribution is 2.23. The zero-order valence-corrected chi connectivity index (χ0v) is 12.8. The molecule has 4 rings (SSSR count).